The van der Waals surface area contributed by atoms with E-state index in [0.717, 1.165) is 10.5 Å². The zero-order valence-electron chi connectivity index (χ0n) is 9.54. The highest BCUT2D eigenvalue weighted by Crippen LogP contribution is 2.02. The molecule has 0 aliphatic heterocycles. The van der Waals surface area contributed by atoms with Gasteiger partial charge in [-0.2, -0.15) is 0 Å². The number of carboxylic acid groups (broad SMARTS) is 1. The quantitative estimate of drug-likeness (QED) is 0.719. The second-order valence-electron chi connectivity index (χ2n) is 3.76. The Labute approximate surface area is 99.1 Å². The van der Waals surface area contributed by atoms with Crippen LogP contribution < -0.4 is 5.73 Å². The van der Waals surface area contributed by atoms with Gasteiger partial charge in [0.05, 0.1) is 6.04 Å². The molecule has 0 fully saturated rings. The lowest BCUT2D eigenvalue weighted by molar-refractivity contribution is -0.143. The predicted octanol–water partition coefficient (Wildman–Crippen LogP) is -0.506. The summed E-state index contributed by atoms with van der Waals surface area (Å²) >= 11 is 0. The smallest absolute Gasteiger partial charge is 0.323 e. The summed E-state index contributed by atoms with van der Waals surface area (Å²) in [5, 5.41) is 8.56. The van der Waals surface area contributed by atoms with Crippen molar-refractivity contribution in [3.05, 3.63) is 30.1 Å². The number of hydrogen-bond donors (Lipinski definition) is 2. The zero-order valence-corrected chi connectivity index (χ0v) is 9.54. The van der Waals surface area contributed by atoms with Crippen molar-refractivity contribution in [1.82, 2.24) is 9.88 Å². The van der Waals surface area contributed by atoms with E-state index in [0.29, 0.717) is 6.42 Å². The van der Waals surface area contributed by atoms with E-state index in [1.807, 2.05) is 6.07 Å². The molecule has 0 saturated carbocycles. The number of rotatable bonds is 5. The number of aliphatic carboxylic acids is 1. The van der Waals surface area contributed by atoms with Gasteiger partial charge in [0.25, 0.3) is 0 Å². The lowest BCUT2D eigenvalue weighted by atomic mass is 10.1. The lowest BCUT2D eigenvalue weighted by Crippen LogP contribution is -2.44. The summed E-state index contributed by atoms with van der Waals surface area (Å²) in [5.74, 6) is -1.45. The fourth-order valence-corrected chi connectivity index (χ4v) is 1.42. The number of carboxylic acids is 1. The molecule has 0 unspecified atom stereocenters. The number of carbonyl (C=O) groups excluding carboxylic acids is 1. The monoisotopic (exact) mass is 237 g/mol. The number of carbonyl (C=O) groups is 2. The largest absolute Gasteiger partial charge is 0.480 e. The normalized spacial score (nSPS) is 11.9. The van der Waals surface area contributed by atoms with E-state index in [4.69, 9.17) is 10.8 Å². The number of amides is 1. The highest BCUT2D eigenvalue weighted by Gasteiger charge is 2.19. The minimum Gasteiger partial charge on any atom is -0.480 e. The Morgan fingerprint density at radius 3 is 2.82 bits per heavy atom. The van der Waals surface area contributed by atoms with Crippen molar-refractivity contribution in [2.45, 2.75) is 12.5 Å². The molecule has 1 heterocycles. The first kappa shape index (κ1) is 13.1. The highest BCUT2D eigenvalue weighted by molar-refractivity contribution is 5.85. The third kappa shape index (κ3) is 4.20. The first-order chi connectivity index (χ1) is 8.00. The molecule has 1 aromatic heterocycles. The second kappa shape index (κ2) is 5.95. The number of aromatic nitrogens is 1. The minimum absolute atomic E-state index is 0.344. The molecular weight excluding hydrogens is 222 g/mol. The van der Waals surface area contributed by atoms with Crippen LogP contribution in [0, 0.1) is 0 Å². The molecule has 92 valence electrons. The second-order valence-corrected chi connectivity index (χ2v) is 3.76. The topological polar surface area (TPSA) is 96.5 Å². The van der Waals surface area contributed by atoms with E-state index in [9.17, 15) is 9.59 Å². The average Bonchev–Trinajstić information content (AvgIpc) is 2.28. The number of pyridine rings is 1. The summed E-state index contributed by atoms with van der Waals surface area (Å²) in [7, 11) is 1.42. The molecule has 1 rings (SSSR count). The van der Waals surface area contributed by atoms with Crippen LogP contribution in [0.2, 0.25) is 0 Å². The van der Waals surface area contributed by atoms with Crippen molar-refractivity contribution in [3.8, 4) is 0 Å². The molecule has 0 bridgehead atoms. The fraction of sp³-hybridized carbons (Fsp3) is 0.364. The SMILES string of the molecule is CN(CC(=O)O)C(=O)[C@@H](N)Cc1cccnc1. The molecule has 0 saturated heterocycles. The Hall–Kier alpha value is -1.95. The molecule has 0 aliphatic rings. The summed E-state index contributed by atoms with van der Waals surface area (Å²) in [6, 6.07) is 2.83. The predicted molar refractivity (Wildman–Crippen MR) is 61.2 cm³/mol. The van der Waals surface area contributed by atoms with Gasteiger partial charge in [-0.15, -0.1) is 0 Å². The molecule has 0 aliphatic carbocycles. The fourth-order valence-electron chi connectivity index (χ4n) is 1.42. The van der Waals surface area contributed by atoms with Crippen LogP contribution in [0.1, 0.15) is 5.56 Å². The Morgan fingerprint density at radius 2 is 2.29 bits per heavy atom. The third-order valence-corrected chi connectivity index (χ3v) is 2.24. The molecule has 6 nitrogen and oxygen atoms in total. The number of hydrogen-bond acceptors (Lipinski definition) is 4. The van der Waals surface area contributed by atoms with Gasteiger partial charge in [-0.05, 0) is 18.1 Å². The van der Waals surface area contributed by atoms with Gasteiger partial charge in [0.1, 0.15) is 6.54 Å². The van der Waals surface area contributed by atoms with E-state index in [-0.39, 0.29) is 6.54 Å². The average molecular weight is 237 g/mol. The third-order valence-electron chi connectivity index (χ3n) is 2.24. The standard InChI is InChI=1S/C11H15N3O3/c1-14(7-10(15)16)11(17)9(12)5-8-3-2-4-13-6-8/h2-4,6,9H,5,7,12H2,1H3,(H,15,16)/t9-/m0/s1. The maximum absolute atomic E-state index is 11.7. The molecular formula is C11H15N3O3. The molecule has 0 aromatic carbocycles. The van der Waals surface area contributed by atoms with Gasteiger partial charge < -0.3 is 15.7 Å². The number of nitrogens with zero attached hydrogens (tertiary/aromatic N) is 2. The van der Waals surface area contributed by atoms with Crippen LogP contribution in [0.5, 0.6) is 0 Å². The number of likely N-dealkylation sites (N-methyl/N-ethyl adjacent to an activating group) is 1. The van der Waals surface area contributed by atoms with Gasteiger partial charge >= 0.3 is 5.97 Å². The Balaban J connectivity index is 2.55. The van der Waals surface area contributed by atoms with Crippen molar-refractivity contribution in [2.24, 2.45) is 5.73 Å². The summed E-state index contributed by atoms with van der Waals surface area (Å²) in [5.41, 5.74) is 6.56. The molecule has 3 N–H and O–H groups in total. The molecule has 17 heavy (non-hydrogen) atoms. The highest BCUT2D eigenvalue weighted by atomic mass is 16.4. The van der Waals surface area contributed by atoms with E-state index < -0.39 is 17.9 Å². The van der Waals surface area contributed by atoms with E-state index in [1.165, 1.54) is 7.05 Å². The van der Waals surface area contributed by atoms with Crippen LogP contribution in [0.4, 0.5) is 0 Å². The Bertz CT molecular complexity index is 394. The summed E-state index contributed by atoms with van der Waals surface area (Å²) in [4.78, 5) is 27.2. The maximum Gasteiger partial charge on any atom is 0.323 e. The van der Waals surface area contributed by atoms with Crippen LogP contribution in [-0.2, 0) is 16.0 Å². The van der Waals surface area contributed by atoms with Crippen LogP contribution in [-0.4, -0.2) is 46.5 Å². The maximum atomic E-state index is 11.7. The van der Waals surface area contributed by atoms with Gasteiger partial charge in [-0.1, -0.05) is 6.07 Å². The summed E-state index contributed by atoms with van der Waals surface area (Å²) in [6.45, 7) is -0.348. The van der Waals surface area contributed by atoms with Crippen molar-refractivity contribution in [3.63, 3.8) is 0 Å². The molecule has 0 radical (unpaired) electrons. The van der Waals surface area contributed by atoms with Crippen molar-refractivity contribution in [1.29, 1.82) is 0 Å². The van der Waals surface area contributed by atoms with Crippen molar-refractivity contribution < 1.29 is 14.7 Å². The van der Waals surface area contributed by atoms with Gasteiger partial charge in [0.15, 0.2) is 0 Å². The Morgan fingerprint density at radius 1 is 1.59 bits per heavy atom. The zero-order chi connectivity index (χ0) is 12.8. The molecule has 0 spiro atoms. The minimum atomic E-state index is -1.06. The van der Waals surface area contributed by atoms with Crippen LogP contribution in [0.25, 0.3) is 0 Å². The lowest BCUT2D eigenvalue weighted by Gasteiger charge is -2.19. The molecule has 6 heteroatoms. The molecule has 1 atom stereocenters. The van der Waals surface area contributed by atoms with Crippen molar-refractivity contribution >= 4 is 11.9 Å². The van der Waals surface area contributed by atoms with Crippen LogP contribution in [0.3, 0.4) is 0 Å². The van der Waals surface area contributed by atoms with E-state index >= 15 is 0 Å². The van der Waals surface area contributed by atoms with Gasteiger partial charge in [-0.3, -0.25) is 14.6 Å². The van der Waals surface area contributed by atoms with Gasteiger partial charge in [0.2, 0.25) is 5.91 Å². The molecule has 1 aromatic rings. The first-order valence-electron chi connectivity index (χ1n) is 5.12. The number of nitrogens with two attached hydrogens (primary N) is 1. The Kier molecular flexibility index (Phi) is 4.59. The molecule has 1 amide bonds. The van der Waals surface area contributed by atoms with Gasteiger partial charge in [-0.25, -0.2) is 0 Å². The summed E-state index contributed by atoms with van der Waals surface area (Å²) < 4.78 is 0. The van der Waals surface area contributed by atoms with Crippen LogP contribution in [0.15, 0.2) is 24.5 Å². The van der Waals surface area contributed by atoms with Gasteiger partial charge in [0, 0.05) is 19.4 Å². The van der Waals surface area contributed by atoms with Crippen LogP contribution >= 0.6 is 0 Å². The first-order valence-corrected chi connectivity index (χ1v) is 5.12. The van der Waals surface area contributed by atoms with Crippen molar-refractivity contribution in [2.75, 3.05) is 13.6 Å². The summed E-state index contributed by atoms with van der Waals surface area (Å²) in [6.07, 6.45) is 3.61. The van der Waals surface area contributed by atoms with E-state index in [1.54, 1.807) is 18.5 Å². The van der Waals surface area contributed by atoms with E-state index in [2.05, 4.69) is 4.98 Å².